The second-order valence-corrected chi connectivity index (χ2v) is 3.78. The van der Waals surface area contributed by atoms with Gasteiger partial charge in [0.25, 0.3) is 5.91 Å². The molecule has 6 nitrogen and oxygen atoms in total. The highest BCUT2D eigenvalue weighted by Crippen LogP contribution is 2.38. The van der Waals surface area contributed by atoms with Gasteiger partial charge in [-0.2, -0.15) is 0 Å². The fourth-order valence-electron chi connectivity index (χ4n) is 1.58. The van der Waals surface area contributed by atoms with Crippen LogP contribution in [0, 0.1) is 0 Å². The minimum absolute atomic E-state index is 0.0947. The Morgan fingerprint density at radius 1 is 1.26 bits per heavy atom. The summed E-state index contributed by atoms with van der Waals surface area (Å²) < 4.78 is 15.9. The Labute approximate surface area is 112 Å². The largest absolute Gasteiger partial charge is 0.493 e. The number of ether oxygens (including phenoxy) is 3. The molecule has 0 aliphatic heterocycles. The standard InChI is InChI=1S/C13H20N2O4/c1-4-15-12(16)8-19-13-10(17-2)5-9(7-14)6-11(13)18-3/h5-6H,4,7-8,14H2,1-3H3,(H,15,16). The van der Waals surface area contributed by atoms with E-state index < -0.39 is 0 Å². The van der Waals surface area contributed by atoms with Gasteiger partial charge in [0.1, 0.15) is 0 Å². The molecule has 1 amide bonds. The number of carbonyl (C=O) groups excluding carboxylic acids is 1. The van der Waals surface area contributed by atoms with Crippen LogP contribution in [0.2, 0.25) is 0 Å². The molecule has 19 heavy (non-hydrogen) atoms. The van der Waals surface area contributed by atoms with Gasteiger partial charge in [-0.15, -0.1) is 0 Å². The number of nitrogens with two attached hydrogens (primary N) is 1. The van der Waals surface area contributed by atoms with Gasteiger partial charge in [0.2, 0.25) is 5.75 Å². The third-order valence-corrected chi connectivity index (χ3v) is 2.48. The molecule has 106 valence electrons. The number of hydrogen-bond acceptors (Lipinski definition) is 5. The number of rotatable bonds is 7. The Balaban J connectivity index is 2.94. The Morgan fingerprint density at radius 3 is 2.26 bits per heavy atom. The first-order chi connectivity index (χ1) is 9.15. The molecule has 0 atom stereocenters. The van der Waals surface area contributed by atoms with E-state index in [1.807, 2.05) is 6.92 Å². The summed E-state index contributed by atoms with van der Waals surface area (Å²) in [6, 6.07) is 3.52. The topological polar surface area (TPSA) is 82.8 Å². The average Bonchev–Trinajstić information content (AvgIpc) is 2.44. The maximum atomic E-state index is 11.4. The van der Waals surface area contributed by atoms with Crippen LogP contribution in [0.15, 0.2) is 12.1 Å². The van der Waals surface area contributed by atoms with Crippen LogP contribution in [0.4, 0.5) is 0 Å². The van der Waals surface area contributed by atoms with Crippen molar-refractivity contribution in [2.75, 3.05) is 27.4 Å². The van der Waals surface area contributed by atoms with Crippen molar-refractivity contribution in [1.29, 1.82) is 0 Å². The Kier molecular flexibility index (Phi) is 5.95. The summed E-state index contributed by atoms with van der Waals surface area (Å²) in [4.78, 5) is 11.4. The van der Waals surface area contributed by atoms with Gasteiger partial charge in [-0.3, -0.25) is 4.79 Å². The van der Waals surface area contributed by atoms with Gasteiger partial charge in [-0.05, 0) is 24.6 Å². The number of hydrogen-bond donors (Lipinski definition) is 2. The molecule has 1 aromatic carbocycles. The van der Waals surface area contributed by atoms with Crippen LogP contribution in [0.1, 0.15) is 12.5 Å². The number of benzene rings is 1. The highest BCUT2D eigenvalue weighted by Gasteiger charge is 2.15. The molecule has 0 saturated carbocycles. The van der Waals surface area contributed by atoms with Crippen LogP contribution in [-0.2, 0) is 11.3 Å². The third kappa shape index (κ3) is 4.03. The van der Waals surface area contributed by atoms with Crippen molar-refractivity contribution in [1.82, 2.24) is 5.32 Å². The van der Waals surface area contributed by atoms with Crippen LogP contribution < -0.4 is 25.3 Å². The minimum Gasteiger partial charge on any atom is -0.493 e. The molecule has 0 saturated heterocycles. The van der Waals surface area contributed by atoms with Crippen LogP contribution >= 0.6 is 0 Å². The highest BCUT2D eigenvalue weighted by atomic mass is 16.5. The van der Waals surface area contributed by atoms with Crippen LogP contribution in [0.5, 0.6) is 17.2 Å². The number of likely N-dealkylation sites (N-methyl/N-ethyl adjacent to an activating group) is 1. The highest BCUT2D eigenvalue weighted by molar-refractivity contribution is 5.77. The van der Waals surface area contributed by atoms with E-state index in [1.54, 1.807) is 12.1 Å². The van der Waals surface area contributed by atoms with Crippen molar-refractivity contribution in [2.24, 2.45) is 5.73 Å². The van der Waals surface area contributed by atoms with Crippen molar-refractivity contribution < 1.29 is 19.0 Å². The average molecular weight is 268 g/mol. The second kappa shape index (κ2) is 7.48. The molecule has 0 aliphatic rings. The molecular formula is C13H20N2O4. The lowest BCUT2D eigenvalue weighted by Gasteiger charge is -2.15. The summed E-state index contributed by atoms with van der Waals surface area (Å²) in [7, 11) is 3.04. The summed E-state index contributed by atoms with van der Waals surface area (Å²) in [6.07, 6.45) is 0. The van der Waals surface area contributed by atoms with Crippen molar-refractivity contribution in [3.63, 3.8) is 0 Å². The summed E-state index contributed by atoms with van der Waals surface area (Å²) in [5, 5.41) is 2.65. The molecule has 0 heterocycles. The van der Waals surface area contributed by atoms with E-state index in [2.05, 4.69) is 5.32 Å². The van der Waals surface area contributed by atoms with E-state index in [0.29, 0.717) is 30.3 Å². The van der Waals surface area contributed by atoms with E-state index >= 15 is 0 Å². The smallest absolute Gasteiger partial charge is 0.257 e. The quantitative estimate of drug-likeness (QED) is 0.759. The first kappa shape index (κ1) is 15.1. The number of carbonyl (C=O) groups is 1. The number of methoxy groups -OCH3 is 2. The van der Waals surface area contributed by atoms with Crippen molar-refractivity contribution >= 4 is 5.91 Å². The zero-order valence-corrected chi connectivity index (χ0v) is 11.5. The summed E-state index contributed by atoms with van der Waals surface area (Å²) in [6.45, 7) is 2.67. The van der Waals surface area contributed by atoms with Crippen molar-refractivity contribution in [3.8, 4) is 17.2 Å². The Bertz CT molecular complexity index is 410. The minimum atomic E-state index is -0.200. The zero-order chi connectivity index (χ0) is 14.3. The summed E-state index contributed by atoms with van der Waals surface area (Å²) in [5.41, 5.74) is 6.45. The van der Waals surface area contributed by atoms with Gasteiger partial charge >= 0.3 is 0 Å². The Hall–Kier alpha value is -1.95. The first-order valence-electron chi connectivity index (χ1n) is 6.00. The van der Waals surface area contributed by atoms with Gasteiger partial charge in [-0.1, -0.05) is 0 Å². The first-order valence-corrected chi connectivity index (χ1v) is 6.00. The fraction of sp³-hybridized carbons (Fsp3) is 0.462. The maximum Gasteiger partial charge on any atom is 0.257 e. The Morgan fingerprint density at radius 2 is 1.84 bits per heavy atom. The molecule has 0 aromatic heterocycles. The zero-order valence-electron chi connectivity index (χ0n) is 11.5. The van der Waals surface area contributed by atoms with Crippen LogP contribution in [0.3, 0.4) is 0 Å². The normalized spacial score (nSPS) is 9.89. The van der Waals surface area contributed by atoms with Gasteiger partial charge < -0.3 is 25.3 Å². The third-order valence-electron chi connectivity index (χ3n) is 2.48. The van der Waals surface area contributed by atoms with Crippen LogP contribution in [0.25, 0.3) is 0 Å². The molecule has 0 unspecified atom stereocenters. The van der Waals surface area contributed by atoms with Gasteiger partial charge in [0, 0.05) is 13.1 Å². The van der Waals surface area contributed by atoms with Crippen LogP contribution in [-0.4, -0.2) is 33.3 Å². The molecule has 0 aliphatic carbocycles. The summed E-state index contributed by atoms with van der Waals surface area (Å²) >= 11 is 0. The monoisotopic (exact) mass is 268 g/mol. The molecule has 1 aromatic rings. The lowest BCUT2D eigenvalue weighted by atomic mass is 10.2. The van der Waals surface area contributed by atoms with Crippen molar-refractivity contribution in [3.05, 3.63) is 17.7 Å². The molecule has 0 bridgehead atoms. The van der Waals surface area contributed by atoms with Gasteiger partial charge in [0.05, 0.1) is 14.2 Å². The van der Waals surface area contributed by atoms with Crippen molar-refractivity contribution in [2.45, 2.75) is 13.5 Å². The molecule has 0 fully saturated rings. The van der Waals surface area contributed by atoms with Gasteiger partial charge in [-0.25, -0.2) is 0 Å². The molecule has 3 N–H and O–H groups in total. The summed E-state index contributed by atoms with van der Waals surface area (Å²) in [5.74, 6) is 1.18. The SMILES string of the molecule is CCNC(=O)COc1c(OC)cc(CN)cc1OC. The molecule has 0 radical (unpaired) electrons. The molecule has 6 heteroatoms. The predicted molar refractivity (Wildman–Crippen MR) is 71.6 cm³/mol. The van der Waals surface area contributed by atoms with E-state index in [4.69, 9.17) is 19.9 Å². The predicted octanol–water partition coefficient (Wildman–Crippen LogP) is 0.677. The second-order valence-electron chi connectivity index (χ2n) is 3.78. The molecule has 0 spiro atoms. The van der Waals surface area contributed by atoms with Gasteiger partial charge in [0.15, 0.2) is 18.1 Å². The lowest BCUT2D eigenvalue weighted by molar-refractivity contribution is -0.123. The number of nitrogens with one attached hydrogen (secondary N) is 1. The van der Waals surface area contributed by atoms with E-state index in [0.717, 1.165) is 5.56 Å². The molecule has 1 rings (SSSR count). The van der Waals surface area contributed by atoms with E-state index in [9.17, 15) is 4.79 Å². The van der Waals surface area contributed by atoms with E-state index in [-0.39, 0.29) is 12.5 Å². The lowest BCUT2D eigenvalue weighted by Crippen LogP contribution is -2.28. The fourth-order valence-corrected chi connectivity index (χ4v) is 1.58. The van der Waals surface area contributed by atoms with E-state index in [1.165, 1.54) is 14.2 Å². The maximum absolute atomic E-state index is 11.4. The molecular weight excluding hydrogens is 248 g/mol. The number of amides is 1.